The maximum Gasteiger partial charge on any atom is 0.340 e. The number of ether oxygens (including phenoxy) is 1. The number of hydrogen-bond donors (Lipinski definition) is 1. The fourth-order valence-electron chi connectivity index (χ4n) is 1.18. The first-order chi connectivity index (χ1) is 7.52. The van der Waals surface area contributed by atoms with Gasteiger partial charge in [0.15, 0.2) is 0 Å². The molecule has 2 N–H and O–H groups in total. The quantitative estimate of drug-likeness (QED) is 0.651. The van der Waals surface area contributed by atoms with Crippen molar-refractivity contribution in [2.75, 3.05) is 12.3 Å². The first-order valence-electron chi connectivity index (χ1n) is 5.23. The zero-order valence-electron chi connectivity index (χ0n) is 9.50. The van der Waals surface area contributed by atoms with Crippen molar-refractivity contribution in [1.29, 1.82) is 0 Å². The molecular formula is C12H16ClNO2. The number of halogens is 1. The monoisotopic (exact) mass is 241 g/mol. The van der Waals surface area contributed by atoms with Gasteiger partial charge in [-0.2, -0.15) is 0 Å². The van der Waals surface area contributed by atoms with Crippen LogP contribution in [-0.2, 0) is 4.74 Å². The van der Waals surface area contributed by atoms with Gasteiger partial charge in [-0.25, -0.2) is 4.79 Å². The standard InChI is InChI=1S/C12H16ClNO2/c1-8(2)6-7-16-12(15)9-4-3-5-10(13)11(9)14/h3-5,8H,6-7,14H2,1-2H3. The molecule has 16 heavy (non-hydrogen) atoms. The molecule has 1 aromatic rings. The number of benzene rings is 1. The van der Waals surface area contributed by atoms with E-state index in [1.54, 1.807) is 18.2 Å². The van der Waals surface area contributed by atoms with E-state index in [0.29, 0.717) is 23.1 Å². The molecule has 3 nitrogen and oxygen atoms in total. The molecule has 0 aliphatic carbocycles. The van der Waals surface area contributed by atoms with E-state index in [1.165, 1.54) is 0 Å². The third-order valence-corrected chi connectivity index (χ3v) is 2.53. The highest BCUT2D eigenvalue weighted by atomic mass is 35.5. The number of para-hydroxylation sites is 1. The lowest BCUT2D eigenvalue weighted by atomic mass is 10.1. The Morgan fingerprint density at radius 2 is 2.19 bits per heavy atom. The van der Waals surface area contributed by atoms with Gasteiger partial charge in [0.1, 0.15) is 0 Å². The van der Waals surface area contributed by atoms with Crippen molar-refractivity contribution in [3.05, 3.63) is 28.8 Å². The van der Waals surface area contributed by atoms with Gasteiger partial charge in [-0.3, -0.25) is 0 Å². The number of nitrogen functional groups attached to an aromatic ring is 1. The summed E-state index contributed by atoms with van der Waals surface area (Å²) in [5.74, 6) is 0.0881. The Labute approximate surface area is 101 Å². The Balaban J connectivity index is 2.63. The molecule has 0 amide bonds. The Kier molecular flexibility index (Phi) is 4.62. The smallest absolute Gasteiger partial charge is 0.340 e. The van der Waals surface area contributed by atoms with Gasteiger partial charge in [-0.05, 0) is 24.5 Å². The second-order valence-electron chi connectivity index (χ2n) is 4.02. The summed E-state index contributed by atoms with van der Waals surface area (Å²) < 4.78 is 5.10. The molecule has 0 aromatic heterocycles. The Bertz CT molecular complexity index is 377. The molecule has 0 aliphatic rings. The third-order valence-electron chi connectivity index (χ3n) is 2.20. The van der Waals surface area contributed by atoms with Crippen LogP contribution >= 0.6 is 11.6 Å². The van der Waals surface area contributed by atoms with E-state index in [1.807, 2.05) is 0 Å². The van der Waals surface area contributed by atoms with E-state index >= 15 is 0 Å². The molecule has 0 unspecified atom stereocenters. The van der Waals surface area contributed by atoms with E-state index in [0.717, 1.165) is 6.42 Å². The predicted octanol–water partition coefficient (Wildman–Crippen LogP) is 3.13. The number of carbonyl (C=O) groups is 1. The zero-order chi connectivity index (χ0) is 12.1. The summed E-state index contributed by atoms with van der Waals surface area (Å²) >= 11 is 5.81. The molecule has 4 heteroatoms. The average molecular weight is 242 g/mol. The molecule has 0 fully saturated rings. The van der Waals surface area contributed by atoms with Gasteiger partial charge < -0.3 is 10.5 Å². The summed E-state index contributed by atoms with van der Waals surface area (Å²) in [6.07, 6.45) is 0.839. The van der Waals surface area contributed by atoms with Gasteiger partial charge in [0.05, 0.1) is 22.9 Å². The van der Waals surface area contributed by atoms with Crippen LogP contribution < -0.4 is 5.73 Å². The average Bonchev–Trinajstić information content (AvgIpc) is 2.21. The minimum atomic E-state index is -0.416. The van der Waals surface area contributed by atoms with Gasteiger partial charge in [-0.1, -0.05) is 31.5 Å². The van der Waals surface area contributed by atoms with Crippen LogP contribution in [0.1, 0.15) is 30.6 Å². The molecule has 88 valence electrons. The second kappa shape index (κ2) is 5.75. The van der Waals surface area contributed by atoms with Crippen molar-refractivity contribution in [2.45, 2.75) is 20.3 Å². The topological polar surface area (TPSA) is 52.3 Å². The first kappa shape index (κ1) is 12.8. The molecule has 0 heterocycles. The van der Waals surface area contributed by atoms with Crippen LogP contribution in [0.25, 0.3) is 0 Å². The molecule has 0 saturated heterocycles. The van der Waals surface area contributed by atoms with Gasteiger partial charge in [0.2, 0.25) is 0 Å². The summed E-state index contributed by atoms with van der Waals surface area (Å²) in [6.45, 7) is 4.55. The lowest BCUT2D eigenvalue weighted by molar-refractivity contribution is 0.0489. The van der Waals surface area contributed by atoms with Crippen molar-refractivity contribution in [3.8, 4) is 0 Å². The minimum absolute atomic E-state index is 0.277. The fourth-order valence-corrected chi connectivity index (χ4v) is 1.35. The lowest BCUT2D eigenvalue weighted by Gasteiger charge is -2.08. The van der Waals surface area contributed by atoms with Crippen LogP contribution in [0.2, 0.25) is 5.02 Å². The molecule has 0 saturated carbocycles. The van der Waals surface area contributed by atoms with Gasteiger partial charge in [0.25, 0.3) is 0 Å². The highest BCUT2D eigenvalue weighted by molar-refractivity contribution is 6.33. The molecule has 0 radical (unpaired) electrons. The number of anilines is 1. The Morgan fingerprint density at radius 3 is 2.81 bits per heavy atom. The zero-order valence-corrected chi connectivity index (χ0v) is 10.3. The predicted molar refractivity (Wildman–Crippen MR) is 65.6 cm³/mol. The highest BCUT2D eigenvalue weighted by Crippen LogP contribution is 2.23. The summed E-state index contributed by atoms with van der Waals surface area (Å²) in [5.41, 5.74) is 6.29. The number of hydrogen-bond acceptors (Lipinski definition) is 3. The summed E-state index contributed by atoms with van der Waals surface area (Å²) in [4.78, 5) is 11.6. The SMILES string of the molecule is CC(C)CCOC(=O)c1cccc(Cl)c1N. The van der Waals surface area contributed by atoms with E-state index in [2.05, 4.69) is 13.8 Å². The lowest BCUT2D eigenvalue weighted by Crippen LogP contribution is -2.10. The van der Waals surface area contributed by atoms with Crippen LogP contribution in [0.5, 0.6) is 0 Å². The van der Waals surface area contributed by atoms with Crippen LogP contribution in [0.3, 0.4) is 0 Å². The maximum absolute atomic E-state index is 11.6. The van der Waals surface area contributed by atoms with Crippen molar-refractivity contribution in [3.63, 3.8) is 0 Å². The van der Waals surface area contributed by atoms with Crippen LogP contribution in [0.4, 0.5) is 5.69 Å². The largest absolute Gasteiger partial charge is 0.462 e. The van der Waals surface area contributed by atoms with Crippen LogP contribution in [0, 0.1) is 5.92 Å². The van der Waals surface area contributed by atoms with Crippen LogP contribution in [-0.4, -0.2) is 12.6 Å². The molecule has 1 aromatic carbocycles. The van der Waals surface area contributed by atoms with Gasteiger partial charge in [0, 0.05) is 0 Å². The normalized spacial score (nSPS) is 10.5. The molecule has 0 bridgehead atoms. The van der Waals surface area contributed by atoms with Gasteiger partial charge in [-0.15, -0.1) is 0 Å². The van der Waals surface area contributed by atoms with E-state index < -0.39 is 5.97 Å². The summed E-state index contributed by atoms with van der Waals surface area (Å²) in [5, 5.41) is 0.373. The molecule has 0 atom stereocenters. The van der Waals surface area contributed by atoms with Gasteiger partial charge >= 0.3 is 5.97 Å². The number of nitrogens with two attached hydrogens (primary N) is 1. The summed E-state index contributed by atoms with van der Waals surface area (Å²) in [6, 6.07) is 4.93. The van der Waals surface area contributed by atoms with E-state index in [9.17, 15) is 4.79 Å². The second-order valence-corrected chi connectivity index (χ2v) is 4.43. The molecule has 0 spiro atoms. The van der Waals surface area contributed by atoms with E-state index in [4.69, 9.17) is 22.1 Å². The maximum atomic E-state index is 11.6. The summed E-state index contributed by atoms with van der Waals surface area (Å²) in [7, 11) is 0. The van der Waals surface area contributed by atoms with Crippen LogP contribution in [0.15, 0.2) is 18.2 Å². The van der Waals surface area contributed by atoms with Crippen molar-refractivity contribution < 1.29 is 9.53 Å². The van der Waals surface area contributed by atoms with Crippen molar-refractivity contribution in [1.82, 2.24) is 0 Å². The Hall–Kier alpha value is -1.22. The number of rotatable bonds is 4. The van der Waals surface area contributed by atoms with Crippen molar-refractivity contribution >= 4 is 23.3 Å². The molecular weight excluding hydrogens is 226 g/mol. The number of carbonyl (C=O) groups excluding carboxylic acids is 1. The highest BCUT2D eigenvalue weighted by Gasteiger charge is 2.12. The molecule has 0 aliphatic heterocycles. The van der Waals surface area contributed by atoms with Crippen molar-refractivity contribution in [2.24, 2.45) is 5.92 Å². The van der Waals surface area contributed by atoms with E-state index in [-0.39, 0.29) is 5.69 Å². The number of esters is 1. The minimum Gasteiger partial charge on any atom is -0.462 e. The third kappa shape index (κ3) is 3.42. The fraction of sp³-hybridized carbons (Fsp3) is 0.417. The molecule has 1 rings (SSSR count). The Morgan fingerprint density at radius 1 is 1.50 bits per heavy atom. The first-order valence-corrected chi connectivity index (χ1v) is 5.61.